The Morgan fingerprint density at radius 1 is 1.40 bits per heavy atom. The normalized spacial score (nSPS) is 28.1. The first-order valence-corrected chi connectivity index (χ1v) is 5.58. The third-order valence-corrected chi connectivity index (χ3v) is 3.20. The van der Waals surface area contributed by atoms with Crippen LogP contribution in [0.1, 0.15) is 38.5 Å². The number of rotatable bonds is 1. The molecule has 1 atom stereocenters. The van der Waals surface area contributed by atoms with Crippen molar-refractivity contribution in [3.63, 3.8) is 0 Å². The van der Waals surface area contributed by atoms with Crippen molar-refractivity contribution in [1.82, 2.24) is 5.43 Å². The minimum Gasteiger partial charge on any atom is -0.350 e. The van der Waals surface area contributed by atoms with Gasteiger partial charge < -0.3 is 5.73 Å². The lowest BCUT2D eigenvalue weighted by Crippen LogP contribution is -2.26. The van der Waals surface area contributed by atoms with E-state index in [0.29, 0.717) is 0 Å². The number of carbonyl (C=O) groups excluding carboxylic acids is 1. The fraction of sp³-hybridized carbons (Fsp3) is 0.636. The van der Waals surface area contributed by atoms with Gasteiger partial charge in [-0.3, -0.25) is 0 Å². The summed E-state index contributed by atoms with van der Waals surface area (Å²) in [4.78, 5) is 10.5. The van der Waals surface area contributed by atoms with E-state index in [4.69, 9.17) is 5.73 Å². The van der Waals surface area contributed by atoms with Gasteiger partial charge in [0.1, 0.15) is 0 Å². The zero-order chi connectivity index (χ0) is 10.7. The Hall–Kier alpha value is -1.32. The molecular weight excluding hydrogens is 190 g/mol. The molecular formula is C11H17N3O. The van der Waals surface area contributed by atoms with Gasteiger partial charge in [0.05, 0.1) is 5.71 Å². The maximum Gasteiger partial charge on any atom is 0.332 e. The number of primary amides is 1. The van der Waals surface area contributed by atoms with Gasteiger partial charge in [0.2, 0.25) is 0 Å². The van der Waals surface area contributed by atoms with E-state index < -0.39 is 6.03 Å². The van der Waals surface area contributed by atoms with Crippen LogP contribution in [0.15, 0.2) is 16.8 Å². The Balaban J connectivity index is 2.05. The molecule has 0 aliphatic heterocycles. The first-order valence-electron chi connectivity index (χ1n) is 5.58. The largest absolute Gasteiger partial charge is 0.350 e. The Morgan fingerprint density at radius 3 is 3.07 bits per heavy atom. The summed E-state index contributed by atoms with van der Waals surface area (Å²) in [6.45, 7) is 0. The lowest BCUT2D eigenvalue weighted by molar-refractivity contribution is 0.249. The first kappa shape index (κ1) is 10.2. The molecule has 0 spiro atoms. The highest BCUT2D eigenvalue weighted by molar-refractivity contribution is 5.97. The van der Waals surface area contributed by atoms with E-state index in [1.165, 1.54) is 37.7 Å². The van der Waals surface area contributed by atoms with Gasteiger partial charge >= 0.3 is 6.03 Å². The van der Waals surface area contributed by atoms with Crippen molar-refractivity contribution in [2.75, 3.05) is 0 Å². The number of hydrazone groups is 1. The molecule has 0 unspecified atom stereocenters. The molecule has 4 nitrogen and oxygen atoms in total. The van der Waals surface area contributed by atoms with Gasteiger partial charge in [-0.1, -0.05) is 12.0 Å². The van der Waals surface area contributed by atoms with E-state index in [9.17, 15) is 4.79 Å². The van der Waals surface area contributed by atoms with Crippen LogP contribution in [0.3, 0.4) is 0 Å². The number of urea groups is 1. The number of fused-ring (bicyclic) bond motifs is 1. The van der Waals surface area contributed by atoms with E-state index in [2.05, 4.69) is 16.6 Å². The number of nitrogens with zero attached hydrogens (tertiary/aromatic N) is 1. The summed E-state index contributed by atoms with van der Waals surface area (Å²) >= 11 is 0. The highest BCUT2D eigenvalue weighted by Gasteiger charge is 2.23. The van der Waals surface area contributed by atoms with Crippen LogP contribution in [0.2, 0.25) is 0 Å². The molecule has 2 amide bonds. The molecule has 0 saturated heterocycles. The predicted molar refractivity (Wildman–Crippen MR) is 59.4 cm³/mol. The van der Waals surface area contributed by atoms with Crippen LogP contribution in [-0.4, -0.2) is 11.7 Å². The van der Waals surface area contributed by atoms with Gasteiger partial charge in [-0.05, 0) is 44.1 Å². The minimum atomic E-state index is -0.591. The smallest absolute Gasteiger partial charge is 0.332 e. The van der Waals surface area contributed by atoms with Gasteiger partial charge in [-0.2, -0.15) is 5.10 Å². The average molecular weight is 207 g/mol. The molecule has 82 valence electrons. The van der Waals surface area contributed by atoms with Gasteiger partial charge in [0.15, 0.2) is 0 Å². The van der Waals surface area contributed by atoms with E-state index >= 15 is 0 Å². The fourth-order valence-corrected chi connectivity index (χ4v) is 2.45. The highest BCUT2D eigenvalue weighted by atomic mass is 16.2. The number of amides is 2. The Morgan fingerprint density at radius 2 is 2.27 bits per heavy atom. The van der Waals surface area contributed by atoms with E-state index in [-0.39, 0.29) is 0 Å². The standard InChI is InChI=1S/C11H17N3O/c12-11(15)14-13-10-6-5-8-3-1-2-4-9(8)7-10/h7-8H,1-6H2,(H3,12,14,15)/b13-10-/t8-/m0/s1. The van der Waals surface area contributed by atoms with Gasteiger partial charge in [0, 0.05) is 0 Å². The van der Waals surface area contributed by atoms with Gasteiger partial charge in [-0.15, -0.1) is 0 Å². The lowest BCUT2D eigenvalue weighted by atomic mass is 9.77. The number of hydrogen-bond acceptors (Lipinski definition) is 2. The molecule has 0 aromatic carbocycles. The molecule has 4 heteroatoms. The fourth-order valence-electron chi connectivity index (χ4n) is 2.45. The summed E-state index contributed by atoms with van der Waals surface area (Å²) < 4.78 is 0. The average Bonchev–Trinajstić information content (AvgIpc) is 2.26. The minimum absolute atomic E-state index is 0.591. The molecule has 15 heavy (non-hydrogen) atoms. The topological polar surface area (TPSA) is 67.5 Å². The number of hydrogen-bond donors (Lipinski definition) is 2. The monoisotopic (exact) mass is 207 g/mol. The molecule has 1 fully saturated rings. The Labute approximate surface area is 89.6 Å². The van der Waals surface area contributed by atoms with Crippen LogP contribution in [0.5, 0.6) is 0 Å². The second kappa shape index (κ2) is 4.47. The maximum atomic E-state index is 10.5. The van der Waals surface area contributed by atoms with Crippen molar-refractivity contribution >= 4 is 11.7 Å². The third kappa shape index (κ3) is 2.58. The second-order valence-corrected chi connectivity index (χ2v) is 4.28. The van der Waals surface area contributed by atoms with Crippen LogP contribution in [0.4, 0.5) is 4.79 Å². The van der Waals surface area contributed by atoms with Crippen molar-refractivity contribution in [1.29, 1.82) is 0 Å². The van der Waals surface area contributed by atoms with Gasteiger partial charge in [-0.25, -0.2) is 10.2 Å². The van der Waals surface area contributed by atoms with Crippen LogP contribution in [0.25, 0.3) is 0 Å². The molecule has 0 heterocycles. The predicted octanol–water partition coefficient (Wildman–Crippen LogP) is 1.92. The molecule has 0 bridgehead atoms. The van der Waals surface area contributed by atoms with E-state index in [0.717, 1.165) is 18.1 Å². The van der Waals surface area contributed by atoms with E-state index in [1.54, 1.807) is 0 Å². The molecule has 3 N–H and O–H groups in total. The van der Waals surface area contributed by atoms with Crippen LogP contribution < -0.4 is 11.2 Å². The summed E-state index contributed by atoms with van der Waals surface area (Å²) in [5.41, 5.74) is 9.73. The summed E-state index contributed by atoms with van der Waals surface area (Å²) in [6.07, 6.45) is 9.43. The van der Waals surface area contributed by atoms with Gasteiger partial charge in [0.25, 0.3) is 0 Å². The Kier molecular flexibility index (Phi) is 3.04. The van der Waals surface area contributed by atoms with Crippen LogP contribution in [-0.2, 0) is 0 Å². The highest BCUT2D eigenvalue weighted by Crippen LogP contribution is 2.35. The number of allylic oxidation sites excluding steroid dienone is 2. The second-order valence-electron chi connectivity index (χ2n) is 4.28. The molecule has 0 radical (unpaired) electrons. The number of nitrogens with two attached hydrogens (primary N) is 1. The van der Waals surface area contributed by atoms with E-state index in [1.807, 2.05) is 0 Å². The lowest BCUT2D eigenvalue weighted by Gasteiger charge is -2.29. The molecule has 0 aromatic heterocycles. The van der Waals surface area contributed by atoms with Crippen molar-refractivity contribution in [2.45, 2.75) is 38.5 Å². The Bertz CT molecular complexity index is 320. The number of nitrogens with one attached hydrogen (secondary N) is 1. The quantitative estimate of drug-likeness (QED) is 0.634. The molecule has 0 aromatic rings. The molecule has 2 rings (SSSR count). The summed E-state index contributed by atoms with van der Waals surface area (Å²) in [6, 6.07) is -0.591. The zero-order valence-corrected chi connectivity index (χ0v) is 8.83. The van der Waals surface area contributed by atoms with Crippen LogP contribution >= 0.6 is 0 Å². The first-order chi connectivity index (χ1) is 7.25. The molecule has 2 aliphatic carbocycles. The third-order valence-electron chi connectivity index (χ3n) is 3.20. The zero-order valence-electron chi connectivity index (χ0n) is 8.83. The summed E-state index contributed by atoms with van der Waals surface area (Å²) in [5, 5.41) is 3.99. The van der Waals surface area contributed by atoms with Crippen molar-refractivity contribution in [3.8, 4) is 0 Å². The number of carbonyl (C=O) groups is 1. The SMILES string of the molecule is NC(=O)N/N=C1\C=C2CCCC[C@H]2CC1. The van der Waals surface area contributed by atoms with Crippen molar-refractivity contribution in [2.24, 2.45) is 16.8 Å². The summed E-state index contributed by atoms with van der Waals surface area (Å²) in [7, 11) is 0. The van der Waals surface area contributed by atoms with Crippen molar-refractivity contribution in [3.05, 3.63) is 11.6 Å². The molecule has 1 saturated carbocycles. The summed E-state index contributed by atoms with van der Waals surface area (Å²) in [5.74, 6) is 0.770. The van der Waals surface area contributed by atoms with Crippen LogP contribution in [0, 0.1) is 5.92 Å². The maximum absolute atomic E-state index is 10.5. The van der Waals surface area contributed by atoms with Crippen molar-refractivity contribution < 1.29 is 4.79 Å². The molecule has 2 aliphatic rings.